The molecular weight excluding hydrogens is 1780 g/mol. The van der Waals surface area contributed by atoms with Crippen LogP contribution in [0.2, 0.25) is 0 Å². The summed E-state index contributed by atoms with van der Waals surface area (Å²) in [6.45, 7) is -0.676. The molecule has 3 amide bonds. The van der Waals surface area contributed by atoms with E-state index in [1.807, 2.05) is 0 Å². The van der Waals surface area contributed by atoms with Gasteiger partial charge in [0.2, 0.25) is 17.7 Å². The van der Waals surface area contributed by atoms with E-state index >= 15 is 0 Å². The van der Waals surface area contributed by atoms with E-state index in [4.69, 9.17) is 56.8 Å². The van der Waals surface area contributed by atoms with Gasteiger partial charge in [-0.15, -0.1) is 0 Å². The Morgan fingerprint density at radius 3 is 1.30 bits per heavy atom. The highest BCUT2D eigenvalue weighted by atomic mass is 16.8. The van der Waals surface area contributed by atoms with Crippen molar-refractivity contribution in [2.75, 3.05) is 46.2 Å². The van der Waals surface area contributed by atoms with Gasteiger partial charge in [-0.3, -0.25) is 14.4 Å². The number of carboxylic acids is 2. The number of aliphatic hydroxyl groups excluding tert-OH is 19. The minimum Gasteiger partial charge on any atom is -0.477 e. The molecule has 6 fully saturated rings. The normalized spacial score (nSPS) is 33.8. The minimum absolute atomic E-state index is 0.110. The zero-order valence-electron chi connectivity index (χ0n) is 79.4. The molecular formula is C93H165N3O39. The number of hydrogen-bond acceptors (Lipinski definition) is 37. The first-order valence-corrected chi connectivity index (χ1v) is 49.4. The second-order valence-electron chi connectivity index (χ2n) is 37.4. The maximum absolute atomic E-state index is 14.5. The molecule has 6 aliphatic rings. The van der Waals surface area contributed by atoms with Crippen molar-refractivity contribution in [3.63, 3.8) is 0 Å². The van der Waals surface area contributed by atoms with Crippen LogP contribution in [-0.2, 0) is 85.6 Å². The Bertz CT molecular complexity index is 3340. The number of ketones is 1. The quantitative estimate of drug-likeness (QED) is 0.0288. The Balaban J connectivity index is 1.26. The van der Waals surface area contributed by atoms with Gasteiger partial charge in [-0.2, -0.15) is 0 Å². The fourth-order valence-corrected chi connectivity index (χ4v) is 18.6. The maximum Gasteiger partial charge on any atom is 0.364 e. The number of amides is 3. The topological polar surface area (TPSA) is 674 Å². The summed E-state index contributed by atoms with van der Waals surface area (Å²) in [6, 6.07) is -5.01. The van der Waals surface area contributed by atoms with E-state index in [1.54, 1.807) is 0 Å². The van der Waals surface area contributed by atoms with Crippen molar-refractivity contribution in [3.05, 3.63) is 12.2 Å². The predicted octanol–water partition coefficient (Wildman–Crippen LogP) is 0.343. The van der Waals surface area contributed by atoms with E-state index in [-0.39, 0.29) is 12.8 Å². The van der Waals surface area contributed by atoms with Crippen LogP contribution in [0.15, 0.2) is 12.2 Å². The molecule has 135 heavy (non-hydrogen) atoms. The van der Waals surface area contributed by atoms with Crippen molar-refractivity contribution in [2.24, 2.45) is 5.92 Å². The molecule has 0 bridgehead atoms. The summed E-state index contributed by atoms with van der Waals surface area (Å²) in [5.74, 6) is -16.5. The summed E-state index contributed by atoms with van der Waals surface area (Å²) in [5, 5.41) is 246. The van der Waals surface area contributed by atoms with Crippen molar-refractivity contribution in [2.45, 2.75) is 486 Å². The van der Waals surface area contributed by atoms with Crippen LogP contribution in [0, 0.1) is 5.92 Å². The Labute approximate surface area is 791 Å². The lowest BCUT2D eigenvalue weighted by Gasteiger charge is -2.53. The third-order valence-electron chi connectivity index (χ3n) is 26.4. The molecule has 24 N–H and O–H groups in total. The van der Waals surface area contributed by atoms with Crippen LogP contribution >= 0.6 is 0 Å². The molecule has 42 nitrogen and oxygen atoms in total. The summed E-state index contributed by atoms with van der Waals surface area (Å²) in [6.07, 6.45) is -21.6. The number of Topliss-reactive ketones (excluding diaryl/α,β-unsaturated/α-hetero) is 1. The minimum atomic E-state index is -3.67. The summed E-state index contributed by atoms with van der Waals surface area (Å²) in [4.78, 5) is 80.7. The van der Waals surface area contributed by atoms with Crippen molar-refractivity contribution >= 4 is 35.4 Å². The van der Waals surface area contributed by atoms with Gasteiger partial charge in [0.15, 0.2) is 25.2 Å². The fourth-order valence-electron chi connectivity index (χ4n) is 18.6. The van der Waals surface area contributed by atoms with Gasteiger partial charge >= 0.3 is 11.9 Å². The molecule has 0 saturated carbocycles. The molecule has 0 aromatic rings. The molecule has 6 aliphatic heterocycles. The van der Waals surface area contributed by atoms with E-state index in [0.29, 0.717) is 12.8 Å². The van der Waals surface area contributed by atoms with E-state index in [2.05, 4.69) is 41.9 Å². The molecule has 0 aromatic carbocycles. The summed E-state index contributed by atoms with van der Waals surface area (Å²) < 4.78 is 72.7. The van der Waals surface area contributed by atoms with Crippen LogP contribution in [0.4, 0.5) is 0 Å². The highest BCUT2D eigenvalue weighted by Gasteiger charge is 2.64. The number of nitrogens with one attached hydrogen (secondary N) is 3. The summed E-state index contributed by atoms with van der Waals surface area (Å²) >= 11 is 0. The molecule has 786 valence electrons. The third-order valence-corrected chi connectivity index (χ3v) is 26.4. The van der Waals surface area contributed by atoms with E-state index in [9.17, 15) is 136 Å². The fraction of sp³-hybridized carbons (Fsp3) is 0.914. The second kappa shape index (κ2) is 62.8. The van der Waals surface area contributed by atoms with Gasteiger partial charge in [-0.25, -0.2) is 9.59 Å². The van der Waals surface area contributed by atoms with Gasteiger partial charge in [0, 0.05) is 45.4 Å². The molecule has 0 aliphatic carbocycles. The molecule has 6 heterocycles. The van der Waals surface area contributed by atoms with Gasteiger partial charge in [-0.1, -0.05) is 212 Å². The zero-order chi connectivity index (χ0) is 99.5. The number of carbonyl (C=O) groups excluding carboxylic acids is 4. The molecule has 0 radical (unpaired) electrons. The number of carbonyl (C=O) groups is 6. The van der Waals surface area contributed by atoms with E-state index < -0.39 is 308 Å². The van der Waals surface area contributed by atoms with E-state index in [0.717, 1.165) is 97.8 Å². The SMILES string of the molecule is CCCCCCCCC=CCCCCCCCCCCCCCCCC(=O)NC(COC1OC(CO)C(OC2OC(CO)C(OC3OC(CO)C(O)C(OC4OC(CO)C(O)C(O)C4O)C3CC(C)=O)C(OC3(C(=O)O)CC(O)C(NC(C)=O)C(C(O)C(CO)OC4(C(=O)O)CC(O)C(NC(C)=O)C(C(O)C(O)CO)O4)O3)C2O)C(O)C1O)C(O)CCCCCCCCCCCCCCC. The Morgan fingerprint density at radius 2 is 0.822 bits per heavy atom. The number of allylic oxidation sites excluding steroid dienone is 2. The number of hydrogen-bond donors (Lipinski definition) is 24. The lowest BCUT2D eigenvalue weighted by atomic mass is 9.86. The van der Waals surface area contributed by atoms with E-state index in [1.165, 1.54) is 128 Å². The van der Waals surface area contributed by atoms with Crippen molar-refractivity contribution in [1.29, 1.82) is 0 Å². The second-order valence-corrected chi connectivity index (χ2v) is 37.4. The van der Waals surface area contributed by atoms with Crippen molar-refractivity contribution < 1.29 is 193 Å². The Hall–Kier alpha value is -4.48. The van der Waals surface area contributed by atoms with Crippen LogP contribution in [0.5, 0.6) is 0 Å². The lowest BCUT2D eigenvalue weighted by molar-refractivity contribution is -0.407. The summed E-state index contributed by atoms with van der Waals surface area (Å²) in [7, 11) is 0. The number of ether oxygens (including phenoxy) is 12. The lowest BCUT2D eigenvalue weighted by Crippen LogP contribution is -2.72. The monoisotopic (exact) mass is 1950 g/mol. The Kier molecular flexibility index (Phi) is 55.5. The smallest absolute Gasteiger partial charge is 0.364 e. The number of carboxylic acid groups (broad SMARTS) is 2. The average Bonchev–Trinajstić information content (AvgIpc) is 0.741. The predicted molar refractivity (Wildman–Crippen MR) is 478 cm³/mol. The first kappa shape index (κ1) is 119. The average molecular weight is 1950 g/mol. The van der Waals surface area contributed by atoms with Crippen LogP contribution in [0.3, 0.4) is 0 Å². The molecule has 0 spiro atoms. The van der Waals surface area contributed by atoms with Crippen LogP contribution in [-0.4, -0.2) is 390 Å². The molecule has 6 saturated heterocycles. The maximum atomic E-state index is 14.5. The summed E-state index contributed by atoms with van der Waals surface area (Å²) in [5.41, 5.74) is 0. The first-order valence-electron chi connectivity index (χ1n) is 49.4. The largest absolute Gasteiger partial charge is 0.477 e. The number of aliphatic carboxylic acids is 2. The molecule has 34 atom stereocenters. The number of aliphatic hydroxyl groups is 19. The first-order chi connectivity index (χ1) is 64.6. The van der Waals surface area contributed by atoms with Gasteiger partial charge in [0.25, 0.3) is 11.6 Å². The number of unbranched alkanes of at least 4 members (excludes halogenated alkanes) is 31. The van der Waals surface area contributed by atoms with Gasteiger partial charge in [-0.05, 0) is 45.4 Å². The molecule has 34 unspecified atom stereocenters. The Morgan fingerprint density at radius 1 is 0.415 bits per heavy atom. The molecule has 42 heteroatoms. The highest BCUT2D eigenvalue weighted by Crippen LogP contribution is 2.44. The van der Waals surface area contributed by atoms with Gasteiger partial charge in [0.1, 0.15) is 128 Å². The molecule has 0 aromatic heterocycles. The molecule has 6 rings (SSSR count). The van der Waals surface area contributed by atoms with Crippen LogP contribution in [0.1, 0.15) is 285 Å². The highest BCUT2D eigenvalue weighted by molar-refractivity contribution is 5.78. The van der Waals surface area contributed by atoms with Crippen molar-refractivity contribution in [3.8, 4) is 0 Å². The van der Waals surface area contributed by atoms with Gasteiger partial charge < -0.3 is 185 Å². The van der Waals surface area contributed by atoms with Crippen molar-refractivity contribution in [1.82, 2.24) is 16.0 Å². The standard InChI is InChI=1S/C93H165N3O39/c1-6-8-10-12-14-16-18-20-21-22-23-24-25-26-27-28-29-31-33-35-37-39-41-43-68(110)96-58(59(106)42-40-38-36-34-32-30-19-17-15-13-11-9-7-2)53-124-87-78(118)76(116)81(66(51-101)127-87)130-89-79(119)85(82(67(52-102)128-89)131-86-57(44-54(3)103)80(73(113)64(49-99)125-86)129-88-77(117)75(115)72(112)63(48-98)126-88)135-93(91(122)123)46-61(108)70(95-56(5)105)84(134-93)74(114)65(50-100)132-92(90(120)121)45-60(107)69(94-55(4)104)83(133-92)71(111)62(109)47-97/h20-21,57-67,69-89,97-102,106-109,111-119H,6-19,22-53H2,1-5H3,(H,94,104)(H,95,105)(H,96,110)(H,120,121)(H,122,123). The van der Waals surface area contributed by atoms with Gasteiger partial charge in [0.05, 0.1) is 88.8 Å². The van der Waals surface area contributed by atoms with Crippen LogP contribution in [0.25, 0.3) is 0 Å². The van der Waals surface area contributed by atoms with Crippen LogP contribution < -0.4 is 16.0 Å². The number of rotatable bonds is 68. The zero-order valence-corrected chi connectivity index (χ0v) is 79.4. The third kappa shape index (κ3) is 37.0.